The topological polar surface area (TPSA) is 0 Å². The van der Waals surface area contributed by atoms with Crippen molar-refractivity contribution < 1.29 is 0 Å². The molecule has 0 amide bonds. The highest BCUT2D eigenvalue weighted by atomic mass is 35.5. The largest absolute Gasteiger partial charge is 0.120 e. The molecule has 0 aliphatic rings. The van der Waals surface area contributed by atoms with Crippen LogP contribution in [0.5, 0.6) is 0 Å². The predicted octanol–water partition coefficient (Wildman–Crippen LogP) is 8.17. The van der Waals surface area contributed by atoms with Gasteiger partial charge in [0.25, 0.3) is 0 Å². The molecule has 0 radical (unpaired) electrons. The molecule has 1 unspecified atom stereocenters. The minimum Gasteiger partial charge on any atom is -0.120 e. The van der Waals surface area contributed by atoms with Crippen LogP contribution in [-0.2, 0) is 6.42 Å². The lowest BCUT2D eigenvalue weighted by Crippen LogP contribution is -2.26. The Morgan fingerprint density at radius 3 is 1.79 bits per heavy atom. The van der Waals surface area contributed by atoms with Crippen LogP contribution < -0.4 is 0 Å². The third-order valence-corrected chi connectivity index (χ3v) is 5.51. The van der Waals surface area contributed by atoms with Gasteiger partial charge in [0.2, 0.25) is 0 Å². The fourth-order valence-corrected chi connectivity index (χ4v) is 3.65. The highest BCUT2D eigenvalue weighted by Gasteiger charge is 2.26. The molecule has 1 atom stereocenters. The summed E-state index contributed by atoms with van der Waals surface area (Å²) >= 11 is 6.67. The molecule has 0 bridgehead atoms. The zero-order valence-corrected chi connectivity index (χ0v) is 17.1. The predicted molar refractivity (Wildman–Crippen MR) is 110 cm³/mol. The standard InChI is InChI=1S/C23H39Cl/c1-4-5-6-7-8-9-10-11-12-16-19-22(23(2,3)24)20-21-17-14-13-15-18-21/h13-15,17-18,22H,4-12,16,19-20H2,1-3H3. The number of rotatable bonds is 14. The third kappa shape index (κ3) is 10.4. The summed E-state index contributed by atoms with van der Waals surface area (Å²) in [6, 6.07) is 10.8. The van der Waals surface area contributed by atoms with Crippen LogP contribution in [0.15, 0.2) is 30.3 Å². The second kappa shape index (κ2) is 12.8. The van der Waals surface area contributed by atoms with E-state index in [1.807, 2.05) is 0 Å². The fourth-order valence-electron chi connectivity index (χ4n) is 3.46. The van der Waals surface area contributed by atoms with Gasteiger partial charge in [-0.25, -0.2) is 0 Å². The van der Waals surface area contributed by atoms with Crippen molar-refractivity contribution in [2.24, 2.45) is 5.92 Å². The molecule has 0 nitrogen and oxygen atoms in total. The first-order chi connectivity index (χ1) is 11.5. The van der Waals surface area contributed by atoms with Crippen molar-refractivity contribution in [3.8, 4) is 0 Å². The van der Waals surface area contributed by atoms with Gasteiger partial charge in [0, 0.05) is 4.87 Å². The van der Waals surface area contributed by atoms with E-state index in [9.17, 15) is 0 Å². The van der Waals surface area contributed by atoms with Crippen LogP contribution >= 0.6 is 11.6 Å². The molecule has 24 heavy (non-hydrogen) atoms. The molecule has 138 valence electrons. The Morgan fingerprint density at radius 1 is 0.792 bits per heavy atom. The van der Waals surface area contributed by atoms with Crippen LogP contribution in [0.4, 0.5) is 0 Å². The average molecular weight is 351 g/mol. The van der Waals surface area contributed by atoms with Crippen molar-refractivity contribution in [2.45, 2.75) is 103 Å². The van der Waals surface area contributed by atoms with E-state index in [0.717, 1.165) is 6.42 Å². The highest BCUT2D eigenvalue weighted by Crippen LogP contribution is 2.32. The average Bonchev–Trinajstić information content (AvgIpc) is 2.55. The minimum absolute atomic E-state index is 0.116. The number of unbranched alkanes of at least 4 members (excludes halogenated alkanes) is 9. The van der Waals surface area contributed by atoms with Gasteiger partial charge < -0.3 is 0 Å². The van der Waals surface area contributed by atoms with Crippen LogP contribution in [0.25, 0.3) is 0 Å². The van der Waals surface area contributed by atoms with Gasteiger partial charge in [-0.05, 0) is 38.2 Å². The molecular weight excluding hydrogens is 312 g/mol. The normalized spacial score (nSPS) is 13.2. The molecule has 0 N–H and O–H groups in total. The number of halogens is 1. The molecule has 0 saturated carbocycles. The first-order valence-electron chi connectivity index (χ1n) is 10.3. The number of hydrogen-bond donors (Lipinski definition) is 0. The van der Waals surface area contributed by atoms with E-state index in [1.54, 1.807) is 0 Å². The lowest BCUT2D eigenvalue weighted by Gasteiger charge is -2.29. The fraction of sp³-hybridized carbons (Fsp3) is 0.739. The zero-order valence-electron chi connectivity index (χ0n) is 16.3. The van der Waals surface area contributed by atoms with Gasteiger partial charge in [0.15, 0.2) is 0 Å². The van der Waals surface area contributed by atoms with Crippen molar-refractivity contribution in [2.75, 3.05) is 0 Å². The Balaban J connectivity index is 2.15. The summed E-state index contributed by atoms with van der Waals surface area (Å²) in [6.45, 7) is 6.64. The second-order valence-corrected chi connectivity index (χ2v) is 8.90. The zero-order chi connectivity index (χ0) is 17.7. The molecule has 0 aromatic heterocycles. The second-order valence-electron chi connectivity index (χ2n) is 7.92. The number of hydrogen-bond acceptors (Lipinski definition) is 0. The Labute approximate surface area is 156 Å². The van der Waals surface area contributed by atoms with Crippen molar-refractivity contribution in [3.63, 3.8) is 0 Å². The van der Waals surface area contributed by atoms with Gasteiger partial charge in [0.05, 0.1) is 0 Å². The summed E-state index contributed by atoms with van der Waals surface area (Å²) in [7, 11) is 0. The van der Waals surface area contributed by atoms with E-state index >= 15 is 0 Å². The van der Waals surface area contributed by atoms with Crippen molar-refractivity contribution in [1.29, 1.82) is 0 Å². The van der Waals surface area contributed by atoms with Crippen LogP contribution in [0, 0.1) is 5.92 Å². The SMILES string of the molecule is CCCCCCCCCCCCC(Cc1ccccc1)C(C)(C)Cl. The van der Waals surface area contributed by atoms with E-state index in [4.69, 9.17) is 11.6 Å². The summed E-state index contributed by atoms with van der Waals surface area (Å²) < 4.78 is 0. The molecule has 0 fully saturated rings. The van der Waals surface area contributed by atoms with E-state index in [0.29, 0.717) is 5.92 Å². The number of benzene rings is 1. The summed E-state index contributed by atoms with van der Waals surface area (Å²) in [6.07, 6.45) is 16.4. The van der Waals surface area contributed by atoms with Crippen molar-refractivity contribution >= 4 is 11.6 Å². The summed E-state index contributed by atoms with van der Waals surface area (Å²) in [5.41, 5.74) is 1.42. The molecular formula is C23H39Cl. The Kier molecular flexibility index (Phi) is 11.5. The van der Waals surface area contributed by atoms with Crippen LogP contribution in [0.2, 0.25) is 0 Å². The Hall–Kier alpha value is -0.490. The first kappa shape index (κ1) is 21.6. The van der Waals surface area contributed by atoms with E-state index < -0.39 is 0 Å². The first-order valence-corrected chi connectivity index (χ1v) is 10.6. The molecule has 0 aliphatic carbocycles. The van der Waals surface area contributed by atoms with Gasteiger partial charge in [-0.2, -0.15) is 0 Å². The molecule has 1 aromatic rings. The molecule has 1 aromatic carbocycles. The summed E-state index contributed by atoms with van der Waals surface area (Å²) in [4.78, 5) is -0.116. The lowest BCUT2D eigenvalue weighted by molar-refractivity contribution is 0.367. The minimum atomic E-state index is -0.116. The molecule has 1 rings (SSSR count). The molecule has 0 heterocycles. The molecule has 0 spiro atoms. The van der Waals surface area contributed by atoms with Gasteiger partial charge in [-0.15, -0.1) is 11.6 Å². The van der Waals surface area contributed by atoms with E-state index in [-0.39, 0.29) is 4.87 Å². The lowest BCUT2D eigenvalue weighted by atomic mass is 9.84. The van der Waals surface area contributed by atoms with Crippen LogP contribution in [0.1, 0.15) is 97.0 Å². The maximum absolute atomic E-state index is 6.67. The number of alkyl halides is 1. The van der Waals surface area contributed by atoms with E-state index in [2.05, 4.69) is 51.1 Å². The van der Waals surface area contributed by atoms with Crippen LogP contribution in [-0.4, -0.2) is 4.87 Å². The monoisotopic (exact) mass is 350 g/mol. The smallest absolute Gasteiger partial charge is 0.0421 e. The molecule has 0 saturated heterocycles. The molecule has 0 aliphatic heterocycles. The highest BCUT2D eigenvalue weighted by molar-refractivity contribution is 6.23. The molecule has 1 heteroatoms. The summed E-state index contributed by atoms with van der Waals surface area (Å²) in [5, 5.41) is 0. The van der Waals surface area contributed by atoms with Crippen LogP contribution in [0.3, 0.4) is 0 Å². The Bertz CT molecular complexity index is 390. The quantitative estimate of drug-likeness (QED) is 0.234. The summed E-state index contributed by atoms with van der Waals surface area (Å²) in [5.74, 6) is 0.565. The Morgan fingerprint density at radius 2 is 1.29 bits per heavy atom. The third-order valence-electron chi connectivity index (χ3n) is 5.20. The maximum atomic E-state index is 6.67. The van der Waals surface area contributed by atoms with Gasteiger partial charge in [-0.3, -0.25) is 0 Å². The van der Waals surface area contributed by atoms with E-state index in [1.165, 1.54) is 76.2 Å². The van der Waals surface area contributed by atoms with Gasteiger partial charge in [-0.1, -0.05) is 101 Å². The maximum Gasteiger partial charge on any atom is 0.0421 e. The van der Waals surface area contributed by atoms with Crippen molar-refractivity contribution in [1.82, 2.24) is 0 Å². The van der Waals surface area contributed by atoms with Gasteiger partial charge in [0.1, 0.15) is 0 Å². The van der Waals surface area contributed by atoms with Crippen molar-refractivity contribution in [3.05, 3.63) is 35.9 Å². The van der Waals surface area contributed by atoms with Gasteiger partial charge >= 0.3 is 0 Å².